The number of fused-ring (bicyclic) bond motifs is 1. The van der Waals surface area contributed by atoms with Crippen LogP contribution in [-0.4, -0.2) is 35.0 Å². The summed E-state index contributed by atoms with van der Waals surface area (Å²) in [5.74, 6) is 1.11. The van der Waals surface area contributed by atoms with Gasteiger partial charge in [-0.25, -0.2) is 9.48 Å². The summed E-state index contributed by atoms with van der Waals surface area (Å²) >= 11 is 12.1. The van der Waals surface area contributed by atoms with Crippen molar-refractivity contribution >= 4 is 35.1 Å². The average molecular weight is 475 g/mol. The number of carbonyl (C=O) groups excluding carboxylic acids is 1. The number of nitrogens with zero attached hydrogens (tertiary/aromatic N) is 3. The number of esters is 1. The van der Waals surface area contributed by atoms with Gasteiger partial charge >= 0.3 is 5.97 Å². The number of carbonyl (C=O) groups is 1. The van der Waals surface area contributed by atoms with Crippen LogP contribution in [-0.2, 0) is 16.1 Å². The van der Waals surface area contributed by atoms with Crippen molar-refractivity contribution in [3.63, 3.8) is 0 Å². The number of nitrogens with one attached hydrogen (secondary N) is 1. The van der Waals surface area contributed by atoms with Crippen molar-refractivity contribution in [3.05, 3.63) is 75.2 Å². The number of methoxy groups -OCH3 is 2. The molecule has 1 aliphatic rings. The van der Waals surface area contributed by atoms with E-state index in [1.54, 1.807) is 36.9 Å². The van der Waals surface area contributed by atoms with E-state index in [1.165, 1.54) is 13.4 Å². The molecule has 0 aliphatic carbocycles. The standard InChI is InChI=1S/C22H20Cl2N4O4/c1-12-19(21(29)31-3)20(28-22(27-12)25-11-26-28)14-5-7-17(18(9-14)30-2)32-10-13-4-6-15(23)16(24)8-13/h4-9,11,20H,10H2,1-3H3,(H,25,26,27). The SMILES string of the molecule is COC(=O)C1=C(C)Nc2ncnn2C1c1ccc(OCc2ccc(Cl)c(Cl)c2)c(OC)c1. The molecule has 0 fully saturated rings. The molecule has 1 aromatic heterocycles. The molecule has 2 heterocycles. The molecule has 166 valence electrons. The highest BCUT2D eigenvalue weighted by molar-refractivity contribution is 6.42. The maximum Gasteiger partial charge on any atom is 0.338 e. The Bertz CT molecular complexity index is 1210. The molecule has 1 atom stereocenters. The topological polar surface area (TPSA) is 87.5 Å². The van der Waals surface area contributed by atoms with Gasteiger partial charge in [-0.2, -0.15) is 10.1 Å². The number of allylic oxidation sites excluding steroid dienone is 1. The first-order chi connectivity index (χ1) is 15.4. The van der Waals surface area contributed by atoms with Crippen LogP contribution in [0.4, 0.5) is 5.95 Å². The maximum absolute atomic E-state index is 12.6. The fraction of sp³-hybridized carbons (Fsp3) is 0.227. The molecule has 0 amide bonds. The quantitative estimate of drug-likeness (QED) is 0.520. The molecule has 8 nitrogen and oxygen atoms in total. The van der Waals surface area contributed by atoms with E-state index in [2.05, 4.69) is 15.4 Å². The van der Waals surface area contributed by atoms with E-state index < -0.39 is 12.0 Å². The van der Waals surface area contributed by atoms with Crippen LogP contribution in [0.3, 0.4) is 0 Å². The van der Waals surface area contributed by atoms with Crippen molar-refractivity contribution in [2.45, 2.75) is 19.6 Å². The van der Waals surface area contributed by atoms with Gasteiger partial charge in [0.25, 0.3) is 0 Å². The monoisotopic (exact) mass is 474 g/mol. The molecule has 10 heteroatoms. The van der Waals surface area contributed by atoms with Gasteiger partial charge in [0.1, 0.15) is 19.0 Å². The summed E-state index contributed by atoms with van der Waals surface area (Å²) in [6, 6.07) is 10.2. The number of rotatable bonds is 6. The highest BCUT2D eigenvalue weighted by Crippen LogP contribution is 2.39. The molecule has 2 aromatic carbocycles. The van der Waals surface area contributed by atoms with Gasteiger partial charge in [-0.15, -0.1) is 0 Å². The zero-order valence-corrected chi connectivity index (χ0v) is 19.1. The predicted molar refractivity (Wildman–Crippen MR) is 120 cm³/mol. The second-order valence-corrected chi connectivity index (χ2v) is 7.85. The number of ether oxygens (including phenoxy) is 3. The van der Waals surface area contributed by atoms with Crippen LogP contribution in [0.1, 0.15) is 24.1 Å². The van der Waals surface area contributed by atoms with Gasteiger partial charge in [0.2, 0.25) is 5.95 Å². The van der Waals surface area contributed by atoms with Crippen LogP contribution in [0.2, 0.25) is 10.0 Å². The Morgan fingerprint density at radius 3 is 2.66 bits per heavy atom. The van der Waals surface area contributed by atoms with Crippen LogP contribution < -0.4 is 14.8 Å². The molecule has 0 spiro atoms. The van der Waals surface area contributed by atoms with Crippen LogP contribution >= 0.6 is 23.2 Å². The summed E-state index contributed by atoms with van der Waals surface area (Å²) in [7, 11) is 2.90. The Hall–Kier alpha value is -3.23. The zero-order chi connectivity index (χ0) is 22.8. The summed E-state index contributed by atoms with van der Waals surface area (Å²) in [4.78, 5) is 16.8. The van der Waals surface area contributed by atoms with Gasteiger partial charge in [-0.05, 0) is 42.3 Å². The molecule has 1 N–H and O–H groups in total. The Balaban J connectivity index is 1.67. The second-order valence-electron chi connectivity index (χ2n) is 7.03. The molecule has 0 bridgehead atoms. The lowest BCUT2D eigenvalue weighted by Crippen LogP contribution is -2.29. The Morgan fingerprint density at radius 2 is 1.94 bits per heavy atom. The van der Waals surface area contributed by atoms with Gasteiger partial charge in [0.05, 0.1) is 29.8 Å². The minimum absolute atomic E-state index is 0.277. The van der Waals surface area contributed by atoms with E-state index in [9.17, 15) is 4.79 Å². The first-order valence-corrected chi connectivity index (χ1v) is 10.4. The molecule has 0 radical (unpaired) electrons. The molecule has 4 rings (SSSR count). The lowest BCUT2D eigenvalue weighted by atomic mass is 9.95. The second kappa shape index (κ2) is 9.10. The number of hydrogen-bond donors (Lipinski definition) is 1. The van der Waals surface area contributed by atoms with E-state index in [4.69, 9.17) is 37.4 Å². The highest BCUT2D eigenvalue weighted by Gasteiger charge is 2.34. The van der Waals surface area contributed by atoms with Crippen molar-refractivity contribution in [2.75, 3.05) is 19.5 Å². The largest absolute Gasteiger partial charge is 0.493 e. The van der Waals surface area contributed by atoms with Gasteiger partial charge in [0.15, 0.2) is 11.5 Å². The molecular formula is C22H20Cl2N4O4. The Kier molecular flexibility index (Phi) is 6.25. The lowest BCUT2D eigenvalue weighted by Gasteiger charge is -2.28. The summed E-state index contributed by atoms with van der Waals surface area (Å²) in [6.07, 6.45) is 1.43. The van der Waals surface area contributed by atoms with E-state index in [0.29, 0.717) is 38.8 Å². The highest BCUT2D eigenvalue weighted by atomic mass is 35.5. The zero-order valence-electron chi connectivity index (χ0n) is 17.6. The molecule has 0 saturated carbocycles. The molecule has 1 unspecified atom stereocenters. The number of hydrogen-bond acceptors (Lipinski definition) is 7. The number of benzene rings is 2. The van der Waals surface area contributed by atoms with Gasteiger partial charge < -0.3 is 19.5 Å². The summed E-state index contributed by atoms with van der Waals surface area (Å²) in [6.45, 7) is 2.07. The van der Waals surface area contributed by atoms with E-state index in [0.717, 1.165) is 11.1 Å². The minimum atomic E-state index is -0.542. The maximum atomic E-state index is 12.6. The van der Waals surface area contributed by atoms with E-state index in [-0.39, 0.29) is 6.61 Å². The first kappa shape index (κ1) is 22.0. The first-order valence-electron chi connectivity index (χ1n) is 9.63. The van der Waals surface area contributed by atoms with E-state index in [1.807, 2.05) is 18.2 Å². The van der Waals surface area contributed by atoms with Crippen molar-refractivity contribution in [3.8, 4) is 11.5 Å². The van der Waals surface area contributed by atoms with Gasteiger partial charge in [-0.3, -0.25) is 0 Å². The average Bonchev–Trinajstić information content (AvgIpc) is 3.26. The normalized spacial score (nSPS) is 15.1. The summed E-state index contributed by atoms with van der Waals surface area (Å²) in [5, 5.41) is 8.32. The number of aromatic nitrogens is 3. The number of halogens is 2. The van der Waals surface area contributed by atoms with Crippen LogP contribution in [0.25, 0.3) is 0 Å². The molecular weight excluding hydrogens is 455 g/mol. The third-order valence-corrected chi connectivity index (χ3v) is 5.82. The van der Waals surface area contributed by atoms with Crippen molar-refractivity contribution in [1.29, 1.82) is 0 Å². The van der Waals surface area contributed by atoms with Crippen LogP contribution in [0.15, 0.2) is 54.0 Å². The molecule has 32 heavy (non-hydrogen) atoms. The predicted octanol–water partition coefficient (Wildman–Crippen LogP) is 4.63. The fourth-order valence-corrected chi connectivity index (χ4v) is 3.86. The number of anilines is 1. The van der Waals surface area contributed by atoms with Gasteiger partial charge in [-0.1, -0.05) is 35.3 Å². The molecule has 3 aromatic rings. The molecule has 0 saturated heterocycles. The van der Waals surface area contributed by atoms with Crippen LogP contribution in [0, 0.1) is 0 Å². The summed E-state index contributed by atoms with van der Waals surface area (Å²) in [5.41, 5.74) is 2.69. The van der Waals surface area contributed by atoms with Gasteiger partial charge in [0, 0.05) is 5.70 Å². The lowest BCUT2D eigenvalue weighted by molar-refractivity contribution is -0.136. The summed E-state index contributed by atoms with van der Waals surface area (Å²) < 4.78 is 18.2. The van der Waals surface area contributed by atoms with E-state index >= 15 is 0 Å². The molecule has 1 aliphatic heterocycles. The van der Waals surface area contributed by atoms with Crippen molar-refractivity contribution in [2.24, 2.45) is 0 Å². The van der Waals surface area contributed by atoms with Crippen LogP contribution in [0.5, 0.6) is 11.5 Å². The minimum Gasteiger partial charge on any atom is -0.493 e. The Morgan fingerprint density at radius 1 is 1.12 bits per heavy atom. The third kappa shape index (κ3) is 4.11. The van der Waals surface area contributed by atoms with Crippen molar-refractivity contribution < 1.29 is 19.0 Å². The fourth-order valence-electron chi connectivity index (χ4n) is 3.54. The third-order valence-electron chi connectivity index (χ3n) is 5.08. The van der Waals surface area contributed by atoms with Crippen molar-refractivity contribution in [1.82, 2.24) is 14.8 Å². The Labute approximate surface area is 194 Å². The smallest absolute Gasteiger partial charge is 0.338 e.